The lowest BCUT2D eigenvalue weighted by Gasteiger charge is -2.32. The summed E-state index contributed by atoms with van der Waals surface area (Å²) in [6.07, 6.45) is 1.77. The first-order valence-corrected chi connectivity index (χ1v) is 8.34. The van der Waals surface area contributed by atoms with Crippen molar-refractivity contribution in [3.63, 3.8) is 0 Å². The van der Waals surface area contributed by atoms with Crippen LogP contribution in [0.1, 0.15) is 18.4 Å². The van der Waals surface area contributed by atoms with E-state index in [-0.39, 0.29) is 23.4 Å². The average molecular weight is 311 g/mol. The van der Waals surface area contributed by atoms with Crippen molar-refractivity contribution >= 4 is 16.1 Å². The normalized spacial score (nSPS) is 19.5. The van der Waals surface area contributed by atoms with E-state index in [0.717, 1.165) is 24.9 Å². The molecule has 0 amide bonds. The Kier molecular flexibility index (Phi) is 4.84. The first-order chi connectivity index (χ1) is 9.88. The molecule has 2 rings (SSSR count). The molecule has 6 nitrogen and oxygen atoms in total. The number of aryl methyl sites for hydroxylation is 1. The number of nitrogens with one attached hydrogen (secondary N) is 1. The van der Waals surface area contributed by atoms with Crippen molar-refractivity contribution in [2.24, 2.45) is 11.7 Å². The molecule has 1 atom stereocenters. The molecule has 1 fully saturated rings. The summed E-state index contributed by atoms with van der Waals surface area (Å²) < 4.78 is 29.4. The second-order valence-corrected chi connectivity index (χ2v) is 7.01. The zero-order chi connectivity index (χ0) is 15.5. The van der Waals surface area contributed by atoms with E-state index in [9.17, 15) is 8.42 Å². The third kappa shape index (κ3) is 4.18. The number of benzene rings is 1. The van der Waals surface area contributed by atoms with Gasteiger partial charge in [0.2, 0.25) is 0 Å². The summed E-state index contributed by atoms with van der Waals surface area (Å²) in [5.74, 6) is 0.101. The van der Waals surface area contributed by atoms with Crippen LogP contribution < -0.4 is 5.73 Å². The lowest BCUT2D eigenvalue weighted by molar-refractivity contribution is 0.177. The highest BCUT2D eigenvalue weighted by atomic mass is 32.2. The van der Waals surface area contributed by atoms with E-state index >= 15 is 0 Å². The van der Waals surface area contributed by atoms with Gasteiger partial charge in [-0.1, -0.05) is 17.7 Å². The molecule has 1 aromatic carbocycles. The smallest absolute Gasteiger partial charge is 0.296 e. The van der Waals surface area contributed by atoms with Gasteiger partial charge in [-0.3, -0.25) is 9.59 Å². The number of piperidine rings is 1. The fourth-order valence-electron chi connectivity index (χ4n) is 2.38. The van der Waals surface area contributed by atoms with Crippen molar-refractivity contribution in [2.75, 3.05) is 19.7 Å². The van der Waals surface area contributed by atoms with E-state index in [2.05, 4.69) is 0 Å². The van der Waals surface area contributed by atoms with Gasteiger partial charge in [0, 0.05) is 19.0 Å². The van der Waals surface area contributed by atoms with Crippen LogP contribution in [-0.2, 0) is 14.3 Å². The van der Waals surface area contributed by atoms with Gasteiger partial charge >= 0.3 is 0 Å². The fraction of sp³-hybridized carbons (Fsp3) is 0.500. The van der Waals surface area contributed by atoms with E-state index in [4.69, 9.17) is 15.3 Å². The van der Waals surface area contributed by atoms with E-state index in [1.165, 1.54) is 0 Å². The monoisotopic (exact) mass is 311 g/mol. The second-order valence-electron chi connectivity index (χ2n) is 5.39. The molecule has 1 unspecified atom stereocenters. The maximum atomic E-state index is 12.1. The van der Waals surface area contributed by atoms with Crippen LogP contribution in [-0.4, -0.2) is 39.0 Å². The van der Waals surface area contributed by atoms with Gasteiger partial charge in [-0.2, -0.15) is 8.42 Å². The van der Waals surface area contributed by atoms with Crippen LogP contribution in [0.25, 0.3) is 0 Å². The number of rotatable bonds is 4. The molecule has 1 heterocycles. The zero-order valence-corrected chi connectivity index (χ0v) is 12.9. The Bertz CT molecular complexity index is 598. The quantitative estimate of drug-likeness (QED) is 0.496. The van der Waals surface area contributed by atoms with E-state index in [1.807, 2.05) is 6.92 Å². The number of hydrogen-bond acceptors (Lipinski definition) is 4. The summed E-state index contributed by atoms with van der Waals surface area (Å²) in [5.41, 5.74) is 6.47. The summed E-state index contributed by atoms with van der Waals surface area (Å²) in [4.78, 5) is 1.92. The number of guanidine groups is 1. The molecule has 0 radical (unpaired) electrons. The Labute approximate surface area is 125 Å². The topological polar surface area (TPSA) is 96.5 Å². The Morgan fingerprint density at radius 1 is 1.43 bits per heavy atom. The molecule has 1 aliphatic rings. The highest BCUT2D eigenvalue weighted by molar-refractivity contribution is 7.86. The SMILES string of the molecule is Cc1ccc(S(=O)(=O)OCC2CCCN(C(=N)N)C2)cc1. The van der Waals surface area contributed by atoms with Gasteiger partial charge in [-0.15, -0.1) is 0 Å². The maximum absolute atomic E-state index is 12.1. The molecule has 116 valence electrons. The van der Waals surface area contributed by atoms with Crippen molar-refractivity contribution in [3.8, 4) is 0 Å². The largest absolute Gasteiger partial charge is 0.370 e. The molecule has 0 aliphatic carbocycles. The third-order valence-corrected chi connectivity index (χ3v) is 4.92. The molecule has 0 spiro atoms. The van der Waals surface area contributed by atoms with Gasteiger partial charge in [-0.25, -0.2) is 0 Å². The van der Waals surface area contributed by atoms with Crippen LogP contribution in [0.15, 0.2) is 29.2 Å². The third-order valence-electron chi connectivity index (χ3n) is 3.63. The molecule has 1 aliphatic heterocycles. The summed E-state index contributed by atoms with van der Waals surface area (Å²) in [6.45, 7) is 3.34. The van der Waals surface area contributed by atoms with E-state index in [1.54, 1.807) is 29.2 Å². The molecular formula is C14H21N3O3S. The fourth-order valence-corrected chi connectivity index (χ4v) is 3.36. The van der Waals surface area contributed by atoms with Crippen molar-refractivity contribution < 1.29 is 12.6 Å². The highest BCUT2D eigenvalue weighted by Crippen LogP contribution is 2.19. The van der Waals surface area contributed by atoms with Gasteiger partial charge in [0.1, 0.15) is 0 Å². The molecule has 0 bridgehead atoms. The summed E-state index contributed by atoms with van der Waals surface area (Å²) in [7, 11) is -3.72. The standard InChI is InChI=1S/C14H21N3O3S/c1-11-4-6-13(7-5-11)21(18,19)20-10-12-3-2-8-17(9-12)14(15)16/h4-7,12H,2-3,8-10H2,1H3,(H3,15,16). The molecular weight excluding hydrogens is 290 g/mol. The minimum absolute atomic E-state index is 0.0288. The first-order valence-electron chi connectivity index (χ1n) is 6.93. The van der Waals surface area contributed by atoms with Gasteiger partial charge in [0.05, 0.1) is 11.5 Å². The number of likely N-dealkylation sites (tertiary alicyclic amines) is 1. The van der Waals surface area contributed by atoms with Crippen LogP contribution >= 0.6 is 0 Å². The van der Waals surface area contributed by atoms with Crippen molar-refractivity contribution in [3.05, 3.63) is 29.8 Å². The molecule has 0 aromatic heterocycles. The average Bonchev–Trinajstić information content (AvgIpc) is 2.46. The van der Waals surface area contributed by atoms with Gasteiger partial charge in [0.15, 0.2) is 5.96 Å². The van der Waals surface area contributed by atoms with E-state index < -0.39 is 10.1 Å². The molecule has 7 heteroatoms. The van der Waals surface area contributed by atoms with Crippen LogP contribution in [0.2, 0.25) is 0 Å². The minimum atomic E-state index is -3.72. The van der Waals surface area contributed by atoms with Crippen LogP contribution in [0.4, 0.5) is 0 Å². The minimum Gasteiger partial charge on any atom is -0.370 e. The van der Waals surface area contributed by atoms with Crippen LogP contribution in [0.3, 0.4) is 0 Å². The lowest BCUT2D eigenvalue weighted by atomic mass is 9.99. The number of hydrogen-bond donors (Lipinski definition) is 2. The molecule has 1 aromatic rings. The van der Waals surface area contributed by atoms with Gasteiger partial charge in [0.25, 0.3) is 10.1 Å². The van der Waals surface area contributed by atoms with Crippen molar-refractivity contribution in [1.29, 1.82) is 5.41 Å². The van der Waals surface area contributed by atoms with Gasteiger partial charge in [-0.05, 0) is 31.9 Å². The summed E-state index contributed by atoms with van der Waals surface area (Å²) in [6, 6.07) is 6.59. The Balaban J connectivity index is 1.95. The van der Waals surface area contributed by atoms with Crippen molar-refractivity contribution in [2.45, 2.75) is 24.7 Å². The summed E-state index contributed by atoms with van der Waals surface area (Å²) >= 11 is 0. The second kappa shape index (κ2) is 6.44. The maximum Gasteiger partial charge on any atom is 0.296 e. The Morgan fingerprint density at radius 3 is 2.71 bits per heavy atom. The molecule has 0 saturated carbocycles. The highest BCUT2D eigenvalue weighted by Gasteiger charge is 2.24. The zero-order valence-electron chi connectivity index (χ0n) is 12.1. The Morgan fingerprint density at radius 2 is 2.10 bits per heavy atom. The predicted molar refractivity (Wildman–Crippen MR) is 80.5 cm³/mol. The van der Waals surface area contributed by atoms with Crippen LogP contribution in [0.5, 0.6) is 0 Å². The molecule has 1 saturated heterocycles. The molecule has 3 N–H and O–H groups in total. The van der Waals surface area contributed by atoms with E-state index in [0.29, 0.717) is 6.54 Å². The lowest BCUT2D eigenvalue weighted by Crippen LogP contribution is -2.44. The van der Waals surface area contributed by atoms with Crippen molar-refractivity contribution in [1.82, 2.24) is 4.90 Å². The molecule has 21 heavy (non-hydrogen) atoms. The van der Waals surface area contributed by atoms with Crippen LogP contribution in [0, 0.1) is 18.3 Å². The van der Waals surface area contributed by atoms with Gasteiger partial charge < -0.3 is 10.6 Å². The number of nitrogens with zero attached hydrogens (tertiary/aromatic N) is 1. The summed E-state index contributed by atoms with van der Waals surface area (Å²) in [5, 5.41) is 7.43. The Hall–Kier alpha value is -1.60. The number of nitrogens with two attached hydrogens (primary N) is 1. The first kappa shape index (κ1) is 15.8. The predicted octanol–water partition coefficient (Wildman–Crippen LogP) is 1.31.